The third-order valence-electron chi connectivity index (χ3n) is 3.66. The lowest BCUT2D eigenvalue weighted by Crippen LogP contribution is -2.35. The summed E-state index contributed by atoms with van der Waals surface area (Å²) in [6.07, 6.45) is 4.11. The molecule has 0 saturated heterocycles. The summed E-state index contributed by atoms with van der Waals surface area (Å²) in [5.74, 6) is 1.67. The van der Waals surface area contributed by atoms with E-state index in [2.05, 4.69) is 17.2 Å². The molecule has 0 radical (unpaired) electrons. The van der Waals surface area contributed by atoms with E-state index in [1.807, 2.05) is 12.1 Å². The second-order valence-electron chi connectivity index (χ2n) is 5.48. The predicted molar refractivity (Wildman–Crippen MR) is 88.0 cm³/mol. The van der Waals surface area contributed by atoms with Gasteiger partial charge < -0.3 is 9.73 Å². The van der Waals surface area contributed by atoms with Crippen LogP contribution in [0.15, 0.2) is 40.1 Å². The first-order chi connectivity index (χ1) is 10.6. The van der Waals surface area contributed by atoms with Crippen molar-refractivity contribution in [1.29, 1.82) is 0 Å². The zero-order chi connectivity index (χ0) is 15.5. The van der Waals surface area contributed by atoms with Crippen LogP contribution in [0.1, 0.15) is 19.8 Å². The molecule has 1 fully saturated rings. The van der Waals surface area contributed by atoms with Crippen LogP contribution < -0.4 is 5.32 Å². The van der Waals surface area contributed by atoms with Gasteiger partial charge in [0.2, 0.25) is 5.91 Å². The average Bonchev–Trinajstić information content (AvgIpc) is 3.25. The molecule has 0 aliphatic heterocycles. The number of nitrogens with zero attached hydrogens (tertiary/aromatic N) is 1. The molecule has 0 spiro atoms. The highest BCUT2D eigenvalue weighted by molar-refractivity contribution is 7.99. The summed E-state index contributed by atoms with van der Waals surface area (Å²) in [6.45, 7) is 2.06. The highest BCUT2D eigenvalue weighted by Crippen LogP contribution is 2.32. The highest BCUT2D eigenvalue weighted by Gasteiger charge is 2.28. The van der Waals surface area contributed by atoms with Crippen molar-refractivity contribution in [1.82, 2.24) is 10.3 Å². The SMILES string of the molecule is C[C@@H](NC(=O)CSc1ncc(-c2ccc(Cl)cc2)o1)C1CC1. The van der Waals surface area contributed by atoms with Crippen LogP contribution in [0.5, 0.6) is 0 Å². The van der Waals surface area contributed by atoms with Gasteiger partial charge in [0.25, 0.3) is 5.22 Å². The number of amides is 1. The summed E-state index contributed by atoms with van der Waals surface area (Å²) in [5, 5.41) is 4.19. The van der Waals surface area contributed by atoms with Crippen molar-refractivity contribution in [2.45, 2.75) is 31.0 Å². The number of nitrogens with one attached hydrogen (secondary N) is 1. The lowest BCUT2D eigenvalue weighted by atomic mass is 10.2. The van der Waals surface area contributed by atoms with E-state index in [1.165, 1.54) is 24.6 Å². The van der Waals surface area contributed by atoms with Crippen LogP contribution in [-0.2, 0) is 4.79 Å². The summed E-state index contributed by atoms with van der Waals surface area (Å²) in [5.41, 5.74) is 0.913. The molecule has 1 aromatic carbocycles. The van der Waals surface area contributed by atoms with Crippen molar-refractivity contribution in [3.8, 4) is 11.3 Å². The van der Waals surface area contributed by atoms with Gasteiger partial charge in [0.05, 0.1) is 11.9 Å². The van der Waals surface area contributed by atoms with Crippen LogP contribution in [0.25, 0.3) is 11.3 Å². The van der Waals surface area contributed by atoms with Crippen molar-refractivity contribution >= 4 is 29.3 Å². The Kier molecular flexibility index (Phi) is 4.74. The molecule has 22 heavy (non-hydrogen) atoms. The second-order valence-corrected chi connectivity index (χ2v) is 6.84. The van der Waals surface area contributed by atoms with Crippen molar-refractivity contribution in [3.63, 3.8) is 0 Å². The summed E-state index contributed by atoms with van der Waals surface area (Å²) in [4.78, 5) is 16.1. The van der Waals surface area contributed by atoms with E-state index < -0.39 is 0 Å². The number of oxazole rings is 1. The zero-order valence-corrected chi connectivity index (χ0v) is 13.8. The summed E-state index contributed by atoms with van der Waals surface area (Å²) < 4.78 is 5.65. The Morgan fingerprint density at radius 2 is 2.18 bits per heavy atom. The first-order valence-corrected chi connectivity index (χ1v) is 8.62. The molecule has 6 heteroatoms. The minimum atomic E-state index is 0.0237. The zero-order valence-electron chi connectivity index (χ0n) is 12.2. The van der Waals surface area contributed by atoms with Gasteiger partial charge in [-0.2, -0.15) is 0 Å². The number of hydrogen-bond acceptors (Lipinski definition) is 4. The minimum absolute atomic E-state index is 0.0237. The van der Waals surface area contributed by atoms with Crippen LogP contribution in [0.3, 0.4) is 0 Å². The Hall–Kier alpha value is -1.46. The number of halogens is 1. The molecule has 4 nitrogen and oxygen atoms in total. The van der Waals surface area contributed by atoms with Crippen LogP contribution in [0.2, 0.25) is 5.02 Å². The van der Waals surface area contributed by atoms with Gasteiger partial charge >= 0.3 is 0 Å². The standard InChI is InChI=1S/C16H17ClN2O2S/c1-10(11-2-3-11)19-15(20)9-22-16-18-8-14(21-16)12-4-6-13(17)7-5-12/h4-8,10-11H,2-3,9H2,1H3,(H,19,20)/t10-/m1/s1. The molecule has 1 aromatic heterocycles. The minimum Gasteiger partial charge on any atom is -0.431 e. The molecular formula is C16H17ClN2O2S. The van der Waals surface area contributed by atoms with Crippen LogP contribution in [-0.4, -0.2) is 22.7 Å². The fourth-order valence-corrected chi connectivity index (χ4v) is 2.95. The van der Waals surface area contributed by atoms with E-state index in [0.29, 0.717) is 27.7 Å². The first kappa shape index (κ1) is 15.4. The van der Waals surface area contributed by atoms with Crippen molar-refractivity contribution < 1.29 is 9.21 Å². The third-order valence-corrected chi connectivity index (χ3v) is 4.75. The van der Waals surface area contributed by atoms with Gasteiger partial charge in [-0.05, 0) is 49.9 Å². The van der Waals surface area contributed by atoms with Gasteiger partial charge in [0, 0.05) is 16.6 Å². The van der Waals surface area contributed by atoms with E-state index in [0.717, 1.165) is 5.56 Å². The largest absolute Gasteiger partial charge is 0.431 e. The molecule has 0 bridgehead atoms. The van der Waals surface area contributed by atoms with Crippen molar-refractivity contribution in [2.75, 3.05) is 5.75 Å². The molecule has 1 heterocycles. The highest BCUT2D eigenvalue weighted by atomic mass is 35.5. The topological polar surface area (TPSA) is 55.1 Å². The van der Waals surface area contributed by atoms with E-state index in [1.54, 1.807) is 18.3 Å². The fourth-order valence-electron chi connectivity index (χ4n) is 2.21. The Balaban J connectivity index is 1.53. The van der Waals surface area contributed by atoms with Crippen LogP contribution in [0, 0.1) is 5.92 Å². The van der Waals surface area contributed by atoms with Crippen molar-refractivity contribution in [3.05, 3.63) is 35.5 Å². The maximum absolute atomic E-state index is 11.9. The normalized spacial score (nSPS) is 15.5. The molecule has 1 N–H and O–H groups in total. The first-order valence-electron chi connectivity index (χ1n) is 7.26. The number of thioether (sulfide) groups is 1. The monoisotopic (exact) mass is 336 g/mol. The molecule has 0 unspecified atom stereocenters. The summed E-state index contributed by atoms with van der Waals surface area (Å²) in [6, 6.07) is 7.63. The molecule has 1 atom stereocenters. The van der Waals surface area contributed by atoms with Gasteiger partial charge in [0.15, 0.2) is 5.76 Å². The average molecular weight is 337 g/mol. The smallest absolute Gasteiger partial charge is 0.256 e. The lowest BCUT2D eigenvalue weighted by molar-refractivity contribution is -0.119. The molecule has 1 amide bonds. The summed E-state index contributed by atoms with van der Waals surface area (Å²) >= 11 is 7.17. The predicted octanol–water partition coefficient (Wildman–Crippen LogP) is 4.00. The van der Waals surface area contributed by atoms with E-state index in [4.69, 9.17) is 16.0 Å². The number of hydrogen-bond donors (Lipinski definition) is 1. The molecule has 2 aromatic rings. The lowest BCUT2D eigenvalue weighted by Gasteiger charge is -2.11. The van der Waals surface area contributed by atoms with Crippen LogP contribution in [0.4, 0.5) is 0 Å². The van der Waals surface area contributed by atoms with Gasteiger partial charge in [-0.3, -0.25) is 4.79 Å². The Bertz CT molecular complexity index is 652. The molecule has 116 valence electrons. The third kappa shape index (κ3) is 4.05. The van der Waals surface area contributed by atoms with Gasteiger partial charge in [0.1, 0.15) is 0 Å². The molecule has 1 saturated carbocycles. The maximum Gasteiger partial charge on any atom is 0.256 e. The van der Waals surface area contributed by atoms with Crippen molar-refractivity contribution in [2.24, 2.45) is 5.92 Å². The number of aromatic nitrogens is 1. The quantitative estimate of drug-likeness (QED) is 0.810. The number of rotatable bonds is 6. The molecule has 1 aliphatic carbocycles. The van der Waals surface area contributed by atoms with E-state index in [9.17, 15) is 4.79 Å². The van der Waals surface area contributed by atoms with Gasteiger partial charge in [-0.15, -0.1) is 0 Å². The van der Waals surface area contributed by atoms with Gasteiger partial charge in [-0.25, -0.2) is 4.98 Å². The number of carbonyl (C=O) groups is 1. The Labute approximate surface area is 138 Å². The summed E-state index contributed by atoms with van der Waals surface area (Å²) in [7, 11) is 0. The Morgan fingerprint density at radius 3 is 2.86 bits per heavy atom. The van der Waals surface area contributed by atoms with Crippen LogP contribution >= 0.6 is 23.4 Å². The molecular weight excluding hydrogens is 320 g/mol. The van der Waals surface area contributed by atoms with E-state index in [-0.39, 0.29) is 11.9 Å². The fraction of sp³-hybridized carbons (Fsp3) is 0.375. The van der Waals surface area contributed by atoms with E-state index >= 15 is 0 Å². The number of benzene rings is 1. The van der Waals surface area contributed by atoms with Gasteiger partial charge in [-0.1, -0.05) is 23.4 Å². The maximum atomic E-state index is 11.9. The number of carbonyl (C=O) groups excluding carboxylic acids is 1. The molecule has 3 rings (SSSR count). The Morgan fingerprint density at radius 1 is 1.45 bits per heavy atom. The molecule has 1 aliphatic rings. The second kappa shape index (κ2) is 6.75.